The van der Waals surface area contributed by atoms with Gasteiger partial charge in [-0.3, -0.25) is 4.90 Å². The summed E-state index contributed by atoms with van der Waals surface area (Å²) in [5.41, 5.74) is 0. The van der Waals surface area contributed by atoms with Crippen LogP contribution in [0.15, 0.2) is 4.52 Å². The maximum Gasteiger partial charge on any atom is 0.240 e. The molecule has 114 valence electrons. The van der Waals surface area contributed by atoms with Crippen molar-refractivity contribution in [2.24, 2.45) is 5.92 Å². The molecule has 1 aliphatic rings. The number of sulfone groups is 1. The lowest BCUT2D eigenvalue weighted by molar-refractivity contribution is 0.252. The molecule has 7 heteroatoms. The summed E-state index contributed by atoms with van der Waals surface area (Å²) in [5.74, 6) is 2.62. The zero-order chi connectivity index (χ0) is 14.8. The van der Waals surface area contributed by atoms with Crippen LogP contribution in [0.2, 0.25) is 0 Å². The van der Waals surface area contributed by atoms with E-state index in [4.69, 9.17) is 4.52 Å². The van der Waals surface area contributed by atoms with Gasteiger partial charge in [-0.05, 0) is 32.4 Å². The summed E-state index contributed by atoms with van der Waals surface area (Å²) >= 11 is 0. The van der Waals surface area contributed by atoms with E-state index in [1.54, 1.807) is 0 Å². The second kappa shape index (κ2) is 6.22. The molecule has 0 unspecified atom stereocenters. The van der Waals surface area contributed by atoms with E-state index in [1.807, 2.05) is 20.9 Å². The van der Waals surface area contributed by atoms with Gasteiger partial charge in [-0.2, -0.15) is 4.98 Å². The Bertz CT molecular complexity index is 539. The first-order valence-corrected chi connectivity index (χ1v) is 8.89. The van der Waals surface area contributed by atoms with Crippen LogP contribution < -0.4 is 0 Å². The van der Waals surface area contributed by atoms with Gasteiger partial charge in [0.15, 0.2) is 15.7 Å². The standard InChI is InChI=1S/C13H23N3O3S/c1-10(2)13-14-12(19-15-13)8-16(3)6-4-11-5-7-20(17,18)9-11/h10-11H,4-9H2,1-3H3/t11-/m0/s1. The molecule has 1 saturated heterocycles. The Kier molecular flexibility index (Phi) is 4.80. The SMILES string of the molecule is CC(C)c1noc(CN(C)CC[C@H]2CCS(=O)(=O)C2)n1. The molecule has 1 atom stereocenters. The fourth-order valence-corrected chi connectivity index (χ4v) is 4.29. The monoisotopic (exact) mass is 301 g/mol. The number of hydrogen-bond donors (Lipinski definition) is 0. The number of aromatic nitrogens is 2. The Hall–Kier alpha value is -0.950. The van der Waals surface area contributed by atoms with Crippen molar-refractivity contribution in [3.05, 3.63) is 11.7 Å². The highest BCUT2D eigenvalue weighted by molar-refractivity contribution is 7.91. The van der Waals surface area contributed by atoms with Crippen LogP contribution >= 0.6 is 0 Å². The summed E-state index contributed by atoms with van der Waals surface area (Å²) in [6.45, 7) is 5.51. The molecule has 1 aromatic rings. The van der Waals surface area contributed by atoms with E-state index in [9.17, 15) is 8.42 Å². The third-order valence-corrected chi connectivity index (χ3v) is 5.49. The third kappa shape index (κ3) is 4.28. The van der Waals surface area contributed by atoms with Crippen molar-refractivity contribution in [3.8, 4) is 0 Å². The maximum absolute atomic E-state index is 11.4. The second-order valence-electron chi connectivity index (χ2n) is 6.00. The summed E-state index contributed by atoms with van der Waals surface area (Å²) in [5, 5.41) is 3.93. The fraction of sp³-hybridized carbons (Fsp3) is 0.846. The first-order chi connectivity index (χ1) is 9.35. The van der Waals surface area contributed by atoms with E-state index < -0.39 is 9.84 Å². The van der Waals surface area contributed by atoms with Gasteiger partial charge in [-0.25, -0.2) is 8.42 Å². The Morgan fingerprint density at radius 2 is 2.20 bits per heavy atom. The Morgan fingerprint density at radius 3 is 2.75 bits per heavy atom. The predicted molar refractivity (Wildman–Crippen MR) is 76.1 cm³/mol. The molecule has 2 rings (SSSR count). The van der Waals surface area contributed by atoms with Gasteiger partial charge in [0.1, 0.15) is 0 Å². The minimum atomic E-state index is -2.77. The zero-order valence-corrected chi connectivity index (χ0v) is 13.2. The number of rotatable bonds is 6. The van der Waals surface area contributed by atoms with Gasteiger partial charge < -0.3 is 4.52 Å². The molecule has 0 aromatic carbocycles. The van der Waals surface area contributed by atoms with Crippen molar-refractivity contribution in [2.75, 3.05) is 25.1 Å². The normalized spacial score (nSPS) is 21.9. The van der Waals surface area contributed by atoms with Gasteiger partial charge in [-0.1, -0.05) is 19.0 Å². The average molecular weight is 301 g/mol. The summed E-state index contributed by atoms with van der Waals surface area (Å²) in [7, 11) is -0.779. The first-order valence-electron chi connectivity index (χ1n) is 7.07. The molecule has 0 spiro atoms. The summed E-state index contributed by atoms with van der Waals surface area (Å²) in [6.07, 6.45) is 1.70. The van der Waals surface area contributed by atoms with E-state index >= 15 is 0 Å². The molecule has 0 aliphatic carbocycles. The van der Waals surface area contributed by atoms with Gasteiger partial charge in [0.05, 0.1) is 18.1 Å². The largest absolute Gasteiger partial charge is 0.338 e. The molecule has 0 amide bonds. The average Bonchev–Trinajstić information content (AvgIpc) is 2.93. The van der Waals surface area contributed by atoms with Gasteiger partial charge in [0.25, 0.3) is 0 Å². The van der Waals surface area contributed by atoms with Crippen LogP contribution in [0.3, 0.4) is 0 Å². The lowest BCUT2D eigenvalue weighted by Gasteiger charge is -2.16. The highest BCUT2D eigenvalue weighted by Crippen LogP contribution is 2.21. The van der Waals surface area contributed by atoms with E-state index in [1.165, 1.54) is 0 Å². The van der Waals surface area contributed by atoms with Crippen LogP contribution in [0, 0.1) is 5.92 Å². The molecule has 6 nitrogen and oxygen atoms in total. The van der Waals surface area contributed by atoms with Crippen LogP contribution in [0.25, 0.3) is 0 Å². The van der Waals surface area contributed by atoms with Crippen molar-refractivity contribution >= 4 is 9.84 Å². The van der Waals surface area contributed by atoms with Gasteiger partial charge in [0.2, 0.25) is 5.89 Å². The molecule has 2 heterocycles. The van der Waals surface area contributed by atoms with E-state index in [0.29, 0.717) is 29.9 Å². The van der Waals surface area contributed by atoms with Crippen molar-refractivity contribution < 1.29 is 12.9 Å². The van der Waals surface area contributed by atoms with E-state index in [0.717, 1.165) is 25.2 Å². The zero-order valence-electron chi connectivity index (χ0n) is 12.4. The Morgan fingerprint density at radius 1 is 1.45 bits per heavy atom. The Labute approximate surface area is 120 Å². The molecule has 0 N–H and O–H groups in total. The van der Waals surface area contributed by atoms with Crippen LogP contribution in [-0.4, -0.2) is 48.6 Å². The molecular weight excluding hydrogens is 278 g/mol. The van der Waals surface area contributed by atoms with Crippen LogP contribution in [-0.2, 0) is 16.4 Å². The minimum absolute atomic E-state index is 0.265. The van der Waals surface area contributed by atoms with E-state index in [-0.39, 0.29) is 5.92 Å². The van der Waals surface area contributed by atoms with Crippen molar-refractivity contribution in [3.63, 3.8) is 0 Å². The highest BCUT2D eigenvalue weighted by Gasteiger charge is 2.27. The van der Waals surface area contributed by atoms with Crippen molar-refractivity contribution in [2.45, 2.75) is 39.2 Å². The summed E-state index contributed by atoms with van der Waals surface area (Å²) in [6, 6.07) is 0. The highest BCUT2D eigenvalue weighted by atomic mass is 32.2. The molecule has 1 fully saturated rings. The van der Waals surface area contributed by atoms with Gasteiger partial charge in [-0.15, -0.1) is 0 Å². The van der Waals surface area contributed by atoms with Crippen molar-refractivity contribution in [1.82, 2.24) is 15.0 Å². The van der Waals surface area contributed by atoms with Crippen LogP contribution in [0.1, 0.15) is 44.3 Å². The smallest absolute Gasteiger partial charge is 0.240 e. The minimum Gasteiger partial charge on any atom is -0.338 e. The molecule has 0 radical (unpaired) electrons. The Balaban J connectivity index is 1.76. The quantitative estimate of drug-likeness (QED) is 0.791. The molecule has 0 bridgehead atoms. The predicted octanol–water partition coefficient (Wildman–Crippen LogP) is 1.45. The molecule has 0 saturated carbocycles. The maximum atomic E-state index is 11.4. The molecule has 1 aliphatic heterocycles. The fourth-order valence-electron chi connectivity index (χ4n) is 2.38. The lowest BCUT2D eigenvalue weighted by Crippen LogP contribution is -2.22. The van der Waals surface area contributed by atoms with Crippen LogP contribution in [0.5, 0.6) is 0 Å². The molecular formula is C13H23N3O3S. The number of hydrogen-bond acceptors (Lipinski definition) is 6. The number of nitrogens with zero attached hydrogens (tertiary/aromatic N) is 3. The van der Waals surface area contributed by atoms with E-state index in [2.05, 4.69) is 15.0 Å². The van der Waals surface area contributed by atoms with Gasteiger partial charge >= 0.3 is 0 Å². The molecule has 1 aromatic heterocycles. The third-order valence-electron chi connectivity index (χ3n) is 3.65. The summed E-state index contributed by atoms with van der Waals surface area (Å²) < 4.78 is 28.0. The van der Waals surface area contributed by atoms with Crippen molar-refractivity contribution in [1.29, 1.82) is 0 Å². The topological polar surface area (TPSA) is 76.3 Å². The van der Waals surface area contributed by atoms with Gasteiger partial charge in [0, 0.05) is 5.92 Å². The first kappa shape index (κ1) is 15.4. The second-order valence-corrected chi connectivity index (χ2v) is 8.23. The van der Waals surface area contributed by atoms with Crippen LogP contribution in [0.4, 0.5) is 0 Å². The lowest BCUT2D eigenvalue weighted by atomic mass is 10.1. The summed E-state index contributed by atoms with van der Waals surface area (Å²) in [4.78, 5) is 6.44. The molecule has 20 heavy (non-hydrogen) atoms.